The number of quaternary nitrogens is 2. The Hall–Kier alpha value is -2.12. The van der Waals surface area contributed by atoms with E-state index in [1.807, 2.05) is 44.2 Å². The summed E-state index contributed by atoms with van der Waals surface area (Å²) in [6, 6.07) is 9.96. The zero-order valence-electron chi connectivity index (χ0n) is 15.8. The highest BCUT2D eigenvalue weighted by Gasteiger charge is 2.24. The number of ether oxygens (including phenoxy) is 1. The second-order valence-electron chi connectivity index (χ2n) is 7.09. The molecule has 2 amide bonds. The standard InChI is InChI=1S/C19H30N4O3/c1-16(2)21-18(24)14-20-19(25)15-23-10-8-22(9-11-23)12-13-26-17-6-4-3-5-7-17/h3-7,16H,8-15H2,1-2H3,(H,20,25)(H,21,24)/p+2. The van der Waals surface area contributed by atoms with Gasteiger partial charge in [0.05, 0.1) is 6.54 Å². The molecule has 1 aromatic carbocycles. The van der Waals surface area contributed by atoms with Crippen molar-refractivity contribution in [1.82, 2.24) is 10.6 Å². The van der Waals surface area contributed by atoms with Crippen LogP contribution in [0.25, 0.3) is 0 Å². The average Bonchev–Trinajstić information content (AvgIpc) is 2.62. The summed E-state index contributed by atoms with van der Waals surface area (Å²) < 4.78 is 5.75. The topological polar surface area (TPSA) is 76.3 Å². The molecule has 0 unspecified atom stereocenters. The van der Waals surface area contributed by atoms with E-state index < -0.39 is 0 Å². The van der Waals surface area contributed by atoms with Gasteiger partial charge < -0.3 is 25.2 Å². The summed E-state index contributed by atoms with van der Waals surface area (Å²) in [6.07, 6.45) is 0. The van der Waals surface area contributed by atoms with Gasteiger partial charge in [0.1, 0.15) is 45.1 Å². The molecule has 1 fully saturated rings. The number of hydrogen-bond donors (Lipinski definition) is 4. The third-order valence-electron chi connectivity index (χ3n) is 4.44. The van der Waals surface area contributed by atoms with Crippen LogP contribution in [-0.2, 0) is 9.59 Å². The number of rotatable bonds is 9. The average molecular weight is 364 g/mol. The molecule has 1 aliphatic heterocycles. The number of piperazine rings is 1. The van der Waals surface area contributed by atoms with Crippen molar-refractivity contribution in [3.8, 4) is 5.75 Å². The van der Waals surface area contributed by atoms with Crippen molar-refractivity contribution < 1.29 is 24.1 Å². The van der Waals surface area contributed by atoms with Crippen LogP contribution in [0.2, 0.25) is 0 Å². The Balaban J connectivity index is 1.56. The lowest BCUT2D eigenvalue weighted by molar-refractivity contribution is -1.01. The van der Waals surface area contributed by atoms with E-state index in [4.69, 9.17) is 4.74 Å². The van der Waals surface area contributed by atoms with E-state index in [0.717, 1.165) is 38.5 Å². The number of carbonyl (C=O) groups excluding carboxylic acids is 2. The first-order chi connectivity index (χ1) is 12.5. The Kier molecular flexibility index (Phi) is 8.37. The molecule has 0 aliphatic carbocycles. The predicted molar refractivity (Wildman–Crippen MR) is 99.4 cm³/mol. The van der Waals surface area contributed by atoms with Gasteiger partial charge in [-0.1, -0.05) is 18.2 Å². The summed E-state index contributed by atoms with van der Waals surface area (Å²) in [5, 5.41) is 5.46. The summed E-state index contributed by atoms with van der Waals surface area (Å²) in [6.45, 7) is 9.97. The fourth-order valence-corrected chi connectivity index (χ4v) is 3.06. The van der Waals surface area contributed by atoms with E-state index in [1.165, 1.54) is 9.80 Å². The molecule has 1 saturated heterocycles. The molecule has 7 heteroatoms. The van der Waals surface area contributed by atoms with Gasteiger partial charge in [0.2, 0.25) is 5.91 Å². The van der Waals surface area contributed by atoms with Gasteiger partial charge in [0.25, 0.3) is 5.91 Å². The summed E-state index contributed by atoms with van der Waals surface area (Å²) >= 11 is 0. The van der Waals surface area contributed by atoms with E-state index in [9.17, 15) is 9.59 Å². The summed E-state index contributed by atoms with van der Waals surface area (Å²) in [5.41, 5.74) is 0. The van der Waals surface area contributed by atoms with Crippen LogP contribution in [0.15, 0.2) is 30.3 Å². The monoisotopic (exact) mass is 364 g/mol. The van der Waals surface area contributed by atoms with Gasteiger partial charge in [0.15, 0.2) is 6.54 Å². The van der Waals surface area contributed by atoms with Gasteiger partial charge in [-0.2, -0.15) is 0 Å². The summed E-state index contributed by atoms with van der Waals surface area (Å²) in [7, 11) is 0. The van der Waals surface area contributed by atoms with E-state index in [1.54, 1.807) is 0 Å². The zero-order valence-corrected chi connectivity index (χ0v) is 15.8. The fourth-order valence-electron chi connectivity index (χ4n) is 3.06. The highest BCUT2D eigenvalue weighted by Crippen LogP contribution is 2.06. The lowest BCUT2D eigenvalue weighted by atomic mass is 10.3. The van der Waals surface area contributed by atoms with Crippen LogP contribution < -0.4 is 25.2 Å². The van der Waals surface area contributed by atoms with Gasteiger partial charge in [0, 0.05) is 6.04 Å². The molecule has 2 rings (SSSR count). The summed E-state index contributed by atoms with van der Waals surface area (Å²) in [4.78, 5) is 26.3. The van der Waals surface area contributed by atoms with Crippen LogP contribution >= 0.6 is 0 Å². The fraction of sp³-hybridized carbons (Fsp3) is 0.579. The normalized spacial score (nSPS) is 19.8. The largest absolute Gasteiger partial charge is 0.488 e. The molecular formula is C19H32N4O3+2. The van der Waals surface area contributed by atoms with Crippen molar-refractivity contribution in [3.63, 3.8) is 0 Å². The third kappa shape index (κ3) is 7.84. The second kappa shape index (κ2) is 10.8. The first-order valence-corrected chi connectivity index (χ1v) is 9.44. The number of amides is 2. The van der Waals surface area contributed by atoms with Crippen LogP contribution in [0.1, 0.15) is 13.8 Å². The quantitative estimate of drug-likeness (QED) is 0.391. The Bertz CT molecular complexity index is 557. The minimum absolute atomic E-state index is 0.0541. The highest BCUT2D eigenvalue weighted by atomic mass is 16.5. The molecule has 1 aromatic rings. The maximum Gasteiger partial charge on any atom is 0.275 e. The molecule has 26 heavy (non-hydrogen) atoms. The molecule has 4 N–H and O–H groups in total. The van der Waals surface area contributed by atoms with E-state index in [-0.39, 0.29) is 24.4 Å². The molecule has 7 nitrogen and oxygen atoms in total. The van der Waals surface area contributed by atoms with Gasteiger partial charge in [-0.25, -0.2) is 0 Å². The Morgan fingerprint density at radius 3 is 2.35 bits per heavy atom. The van der Waals surface area contributed by atoms with Crippen LogP contribution in [-0.4, -0.2) is 70.3 Å². The van der Waals surface area contributed by atoms with Crippen molar-refractivity contribution >= 4 is 11.8 Å². The number of benzene rings is 1. The number of hydrogen-bond acceptors (Lipinski definition) is 3. The van der Waals surface area contributed by atoms with Crippen molar-refractivity contribution in [2.24, 2.45) is 0 Å². The van der Waals surface area contributed by atoms with Crippen LogP contribution in [0.3, 0.4) is 0 Å². The maximum atomic E-state index is 12.0. The summed E-state index contributed by atoms with van der Waals surface area (Å²) in [5.74, 6) is 0.708. The molecule has 1 heterocycles. The third-order valence-corrected chi connectivity index (χ3v) is 4.44. The van der Waals surface area contributed by atoms with Crippen LogP contribution in [0.4, 0.5) is 0 Å². The molecular weight excluding hydrogens is 332 g/mol. The molecule has 0 radical (unpaired) electrons. The first kappa shape index (κ1) is 20.2. The minimum Gasteiger partial charge on any atom is -0.488 e. The van der Waals surface area contributed by atoms with Gasteiger partial charge in [-0.3, -0.25) is 9.59 Å². The number of carbonyl (C=O) groups is 2. The number of nitrogens with one attached hydrogen (secondary N) is 4. The Labute approximate surface area is 155 Å². The van der Waals surface area contributed by atoms with Crippen LogP contribution in [0, 0.1) is 0 Å². The maximum absolute atomic E-state index is 12.0. The lowest BCUT2D eigenvalue weighted by Crippen LogP contribution is -3.28. The van der Waals surface area contributed by atoms with E-state index in [0.29, 0.717) is 13.2 Å². The zero-order chi connectivity index (χ0) is 18.8. The van der Waals surface area contributed by atoms with Crippen molar-refractivity contribution in [1.29, 1.82) is 0 Å². The van der Waals surface area contributed by atoms with Gasteiger partial charge >= 0.3 is 0 Å². The lowest BCUT2D eigenvalue weighted by Gasteiger charge is -2.29. The SMILES string of the molecule is CC(C)NC(=O)CNC(=O)C[NH+]1CC[NH+](CCOc2ccccc2)CC1. The molecule has 0 spiro atoms. The predicted octanol–water partition coefficient (Wildman–Crippen LogP) is -2.51. The van der Waals surface area contributed by atoms with Gasteiger partial charge in [-0.15, -0.1) is 0 Å². The molecule has 0 bridgehead atoms. The molecule has 0 atom stereocenters. The number of para-hydroxylation sites is 1. The smallest absolute Gasteiger partial charge is 0.275 e. The van der Waals surface area contributed by atoms with Crippen molar-refractivity contribution in [3.05, 3.63) is 30.3 Å². The van der Waals surface area contributed by atoms with Gasteiger partial charge in [-0.05, 0) is 26.0 Å². The van der Waals surface area contributed by atoms with E-state index >= 15 is 0 Å². The van der Waals surface area contributed by atoms with Crippen LogP contribution in [0.5, 0.6) is 5.75 Å². The van der Waals surface area contributed by atoms with E-state index in [2.05, 4.69) is 10.6 Å². The molecule has 144 valence electrons. The molecule has 0 aromatic heterocycles. The van der Waals surface area contributed by atoms with Crippen molar-refractivity contribution in [2.45, 2.75) is 19.9 Å². The molecule has 1 aliphatic rings. The molecule has 0 saturated carbocycles. The highest BCUT2D eigenvalue weighted by molar-refractivity contribution is 5.85. The minimum atomic E-state index is -0.143. The first-order valence-electron chi connectivity index (χ1n) is 9.44. The second-order valence-corrected chi connectivity index (χ2v) is 7.09. The Morgan fingerprint density at radius 1 is 1.04 bits per heavy atom. The van der Waals surface area contributed by atoms with Crippen molar-refractivity contribution in [2.75, 3.05) is 52.4 Å². The Morgan fingerprint density at radius 2 is 1.69 bits per heavy atom.